The molecule has 0 bridgehead atoms. The molecule has 6 heteroatoms. The predicted molar refractivity (Wildman–Crippen MR) is 224 cm³/mol. The van der Waals surface area contributed by atoms with Gasteiger partial charge in [-0.15, -0.1) is 0 Å². The summed E-state index contributed by atoms with van der Waals surface area (Å²) in [4.78, 5) is 37.4. The summed E-state index contributed by atoms with van der Waals surface area (Å²) in [7, 11) is 0. The average Bonchev–Trinajstić information content (AvgIpc) is 3.14. The monoisotopic (exact) mass is 751 g/mol. The van der Waals surface area contributed by atoms with Crippen LogP contribution in [-0.4, -0.2) is 37.2 Å². The fourth-order valence-electron chi connectivity index (χ4n) is 6.98. The van der Waals surface area contributed by atoms with Crippen molar-refractivity contribution in [3.63, 3.8) is 0 Å². The van der Waals surface area contributed by atoms with E-state index in [9.17, 15) is 14.4 Å². The largest absolute Gasteiger partial charge is 0.462 e. The molecule has 0 saturated heterocycles. The van der Waals surface area contributed by atoms with Gasteiger partial charge >= 0.3 is 17.9 Å². The topological polar surface area (TPSA) is 78.9 Å². The molecule has 0 rings (SSSR count). The van der Waals surface area contributed by atoms with Crippen LogP contribution in [-0.2, 0) is 28.6 Å². The van der Waals surface area contributed by atoms with Gasteiger partial charge in [-0.2, -0.15) is 0 Å². The number of hydrogen-bond acceptors (Lipinski definition) is 6. The molecule has 314 valence electrons. The van der Waals surface area contributed by atoms with Crippen molar-refractivity contribution >= 4 is 17.9 Å². The maximum Gasteiger partial charge on any atom is 0.306 e. The van der Waals surface area contributed by atoms with Crippen LogP contribution in [0.25, 0.3) is 0 Å². The molecule has 0 aromatic rings. The van der Waals surface area contributed by atoms with Crippen LogP contribution in [0, 0.1) is 5.92 Å². The highest BCUT2D eigenvalue weighted by atomic mass is 16.6. The van der Waals surface area contributed by atoms with Gasteiger partial charge in [0, 0.05) is 19.3 Å². The second kappa shape index (κ2) is 41.6. The SMILES string of the molecule is CCCCCCCCCC(=O)OC[C@@H](COC(=O)CCCCCCCCCCCCCCCCCCCCC(C)C)OC(=O)CCCCCCCCC. The fourth-order valence-corrected chi connectivity index (χ4v) is 6.98. The molecule has 0 aromatic heterocycles. The van der Waals surface area contributed by atoms with Crippen molar-refractivity contribution in [2.24, 2.45) is 5.92 Å². The van der Waals surface area contributed by atoms with Crippen LogP contribution in [0.15, 0.2) is 0 Å². The summed E-state index contributed by atoms with van der Waals surface area (Å²) >= 11 is 0. The highest BCUT2D eigenvalue weighted by Crippen LogP contribution is 2.16. The molecule has 0 aliphatic carbocycles. The zero-order chi connectivity index (χ0) is 38.9. The van der Waals surface area contributed by atoms with Gasteiger partial charge in [0.25, 0.3) is 0 Å². The second-order valence-corrected chi connectivity index (χ2v) is 16.5. The third-order valence-electron chi connectivity index (χ3n) is 10.5. The first-order valence-electron chi connectivity index (χ1n) is 23.4. The quantitative estimate of drug-likeness (QED) is 0.0351. The van der Waals surface area contributed by atoms with E-state index in [0.717, 1.165) is 63.7 Å². The van der Waals surface area contributed by atoms with Crippen molar-refractivity contribution in [1.29, 1.82) is 0 Å². The van der Waals surface area contributed by atoms with Crippen molar-refractivity contribution in [2.45, 2.75) is 265 Å². The highest BCUT2D eigenvalue weighted by molar-refractivity contribution is 5.71. The molecule has 0 amide bonds. The maximum atomic E-state index is 12.6. The smallest absolute Gasteiger partial charge is 0.306 e. The Morgan fingerprint density at radius 1 is 0.358 bits per heavy atom. The molecule has 0 spiro atoms. The van der Waals surface area contributed by atoms with Crippen LogP contribution in [0.5, 0.6) is 0 Å². The number of carbonyl (C=O) groups excluding carboxylic acids is 3. The van der Waals surface area contributed by atoms with E-state index < -0.39 is 6.10 Å². The van der Waals surface area contributed by atoms with Gasteiger partial charge < -0.3 is 14.2 Å². The van der Waals surface area contributed by atoms with Crippen molar-refractivity contribution in [3.8, 4) is 0 Å². The van der Waals surface area contributed by atoms with Gasteiger partial charge in [0.2, 0.25) is 0 Å². The molecule has 6 nitrogen and oxygen atoms in total. The van der Waals surface area contributed by atoms with Gasteiger partial charge in [0.1, 0.15) is 13.2 Å². The Balaban J connectivity index is 4.03. The molecule has 0 aliphatic rings. The summed E-state index contributed by atoms with van der Waals surface area (Å²) in [5.74, 6) is -0.00767. The lowest BCUT2D eigenvalue weighted by Crippen LogP contribution is -2.30. The molecule has 0 radical (unpaired) electrons. The standard InChI is InChI=1S/C47H90O6/c1-5-7-9-11-25-30-34-38-45(48)51-41-44(53-47(50)40-36-32-26-12-10-8-6-2)42-52-46(49)39-35-31-28-24-22-20-18-16-14-13-15-17-19-21-23-27-29-33-37-43(3)4/h43-44H,5-42H2,1-4H3/t44-/m0/s1. The summed E-state index contributed by atoms with van der Waals surface area (Å²) in [6.45, 7) is 8.94. The number of esters is 3. The van der Waals surface area contributed by atoms with E-state index in [-0.39, 0.29) is 31.1 Å². The molecule has 1 atom stereocenters. The molecule has 0 fully saturated rings. The molecule has 0 unspecified atom stereocenters. The Labute approximate surface area is 329 Å². The zero-order valence-corrected chi connectivity index (χ0v) is 36.0. The molecular weight excluding hydrogens is 661 g/mol. The van der Waals surface area contributed by atoms with Crippen LogP contribution >= 0.6 is 0 Å². The van der Waals surface area contributed by atoms with Crippen molar-refractivity contribution in [1.82, 2.24) is 0 Å². The van der Waals surface area contributed by atoms with Crippen LogP contribution in [0.2, 0.25) is 0 Å². The summed E-state index contributed by atoms with van der Waals surface area (Å²) in [6, 6.07) is 0. The molecule has 0 heterocycles. The molecule has 53 heavy (non-hydrogen) atoms. The first-order chi connectivity index (χ1) is 25.9. The highest BCUT2D eigenvalue weighted by Gasteiger charge is 2.19. The van der Waals surface area contributed by atoms with E-state index in [1.807, 2.05) is 0 Å². The molecule has 0 N–H and O–H groups in total. The van der Waals surface area contributed by atoms with Crippen LogP contribution in [0.1, 0.15) is 259 Å². The van der Waals surface area contributed by atoms with E-state index in [1.165, 1.54) is 154 Å². The normalized spacial score (nSPS) is 11.9. The van der Waals surface area contributed by atoms with Crippen LogP contribution < -0.4 is 0 Å². The second-order valence-electron chi connectivity index (χ2n) is 16.5. The van der Waals surface area contributed by atoms with Gasteiger partial charge in [-0.05, 0) is 25.2 Å². The maximum absolute atomic E-state index is 12.6. The predicted octanol–water partition coefficient (Wildman–Crippen LogP) is 14.7. The molecular formula is C47H90O6. The first-order valence-corrected chi connectivity index (χ1v) is 23.4. The number of unbranched alkanes of at least 4 members (excludes halogenated alkanes) is 29. The fraction of sp³-hybridized carbons (Fsp3) is 0.936. The molecule has 0 aliphatic heterocycles. The van der Waals surface area contributed by atoms with E-state index in [0.29, 0.717) is 19.3 Å². The van der Waals surface area contributed by atoms with Crippen molar-refractivity contribution < 1.29 is 28.6 Å². The van der Waals surface area contributed by atoms with E-state index in [2.05, 4.69) is 27.7 Å². The zero-order valence-electron chi connectivity index (χ0n) is 36.0. The van der Waals surface area contributed by atoms with Crippen molar-refractivity contribution in [3.05, 3.63) is 0 Å². The molecule has 0 saturated carbocycles. The third-order valence-corrected chi connectivity index (χ3v) is 10.5. The van der Waals surface area contributed by atoms with E-state index in [1.54, 1.807) is 0 Å². The summed E-state index contributed by atoms with van der Waals surface area (Å²) in [5, 5.41) is 0. The first kappa shape index (κ1) is 51.4. The summed E-state index contributed by atoms with van der Waals surface area (Å²) in [6.07, 6.45) is 41.2. The van der Waals surface area contributed by atoms with Gasteiger partial charge in [0.05, 0.1) is 0 Å². The van der Waals surface area contributed by atoms with Crippen molar-refractivity contribution in [2.75, 3.05) is 13.2 Å². The van der Waals surface area contributed by atoms with E-state index >= 15 is 0 Å². The minimum atomic E-state index is -0.756. The summed E-state index contributed by atoms with van der Waals surface area (Å²) in [5.41, 5.74) is 0. The lowest BCUT2D eigenvalue weighted by atomic mass is 10.0. The Kier molecular flexibility index (Phi) is 40.3. The van der Waals surface area contributed by atoms with Gasteiger partial charge in [-0.25, -0.2) is 0 Å². The Hall–Kier alpha value is -1.59. The van der Waals surface area contributed by atoms with Gasteiger partial charge in [-0.1, -0.05) is 220 Å². The van der Waals surface area contributed by atoms with Crippen LogP contribution in [0.3, 0.4) is 0 Å². The minimum Gasteiger partial charge on any atom is -0.462 e. The lowest BCUT2D eigenvalue weighted by molar-refractivity contribution is -0.167. The number of rotatable bonds is 42. The number of carbonyl (C=O) groups is 3. The number of hydrogen-bond donors (Lipinski definition) is 0. The third kappa shape index (κ3) is 41.4. The molecule has 0 aromatic carbocycles. The Morgan fingerprint density at radius 3 is 0.925 bits per heavy atom. The van der Waals surface area contributed by atoms with E-state index in [4.69, 9.17) is 14.2 Å². The van der Waals surface area contributed by atoms with Gasteiger partial charge in [0.15, 0.2) is 6.10 Å². The lowest BCUT2D eigenvalue weighted by Gasteiger charge is -2.18. The minimum absolute atomic E-state index is 0.0645. The Bertz CT molecular complexity index is 796. The Morgan fingerprint density at radius 2 is 0.623 bits per heavy atom. The summed E-state index contributed by atoms with van der Waals surface area (Å²) < 4.78 is 16.6. The average molecular weight is 751 g/mol. The van der Waals surface area contributed by atoms with Gasteiger partial charge in [-0.3, -0.25) is 14.4 Å². The number of ether oxygens (including phenoxy) is 3. The van der Waals surface area contributed by atoms with Crippen LogP contribution in [0.4, 0.5) is 0 Å².